The zero-order valence-corrected chi connectivity index (χ0v) is 9.12. The Morgan fingerprint density at radius 1 is 1.50 bits per heavy atom. The Hall–Kier alpha value is -0.900. The van der Waals surface area contributed by atoms with Crippen molar-refractivity contribution in [3.63, 3.8) is 0 Å². The second kappa shape index (κ2) is 3.35. The third-order valence-corrected chi connectivity index (χ3v) is 2.36. The molecule has 0 bridgehead atoms. The maximum Gasteiger partial charge on any atom is 0.147 e. The van der Waals surface area contributed by atoms with E-state index < -0.39 is 0 Å². The molecule has 4 heteroatoms. The number of aromatic nitrogens is 3. The first kappa shape index (κ1) is 9.65. The lowest BCUT2D eigenvalue weighted by Crippen LogP contribution is -2.35. The first-order valence-corrected chi connectivity index (χ1v) is 5.20. The van der Waals surface area contributed by atoms with Crippen LogP contribution in [0.25, 0.3) is 0 Å². The van der Waals surface area contributed by atoms with Crippen LogP contribution in [0.1, 0.15) is 45.5 Å². The molecule has 0 unspecified atom stereocenters. The van der Waals surface area contributed by atoms with Crippen LogP contribution in [0.15, 0.2) is 6.33 Å². The van der Waals surface area contributed by atoms with Crippen LogP contribution >= 0.6 is 0 Å². The molecule has 1 aliphatic rings. The topological polar surface area (TPSA) is 42.7 Å². The zero-order chi connectivity index (χ0) is 10.2. The lowest BCUT2D eigenvalue weighted by Gasteiger charge is -2.20. The highest BCUT2D eigenvalue weighted by Crippen LogP contribution is 2.35. The van der Waals surface area contributed by atoms with Crippen molar-refractivity contribution in [3.8, 4) is 0 Å². The van der Waals surface area contributed by atoms with E-state index in [0.717, 1.165) is 12.4 Å². The fourth-order valence-electron chi connectivity index (χ4n) is 1.39. The summed E-state index contributed by atoms with van der Waals surface area (Å²) in [6, 6.07) is 0.668. The van der Waals surface area contributed by atoms with Crippen molar-refractivity contribution in [1.29, 1.82) is 0 Å². The molecule has 1 aromatic rings. The lowest BCUT2D eigenvalue weighted by molar-refractivity contribution is 0.411. The van der Waals surface area contributed by atoms with Crippen molar-refractivity contribution in [2.75, 3.05) is 0 Å². The average molecular weight is 194 g/mol. The zero-order valence-electron chi connectivity index (χ0n) is 9.12. The van der Waals surface area contributed by atoms with Crippen molar-refractivity contribution in [2.24, 2.45) is 0 Å². The molecule has 0 saturated heterocycles. The smallest absolute Gasteiger partial charge is 0.147 e. The number of nitrogens with zero attached hydrogens (tertiary/aromatic N) is 3. The van der Waals surface area contributed by atoms with Crippen LogP contribution in [0.5, 0.6) is 0 Å². The van der Waals surface area contributed by atoms with E-state index in [2.05, 4.69) is 40.9 Å². The third-order valence-electron chi connectivity index (χ3n) is 2.36. The molecule has 1 fully saturated rings. The second-order valence-corrected chi connectivity index (χ2v) is 4.99. The Kier molecular flexibility index (Phi) is 2.31. The summed E-state index contributed by atoms with van der Waals surface area (Å²) in [7, 11) is 0. The predicted octanol–water partition coefficient (Wildman–Crippen LogP) is 1.50. The highest BCUT2D eigenvalue weighted by Gasteiger charge is 2.26. The molecular formula is C10H18N4. The molecule has 0 amide bonds. The first-order valence-electron chi connectivity index (χ1n) is 5.20. The van der Waals surface area contributed by atoms with E-state index in [-0.39, 0.29) is 5.54 Å². The highest BCUT2D eigenvalue weighted by atomic mass is 15.3. The number of hydrogen-bond donors (Lipinski definition) is 1. The molecule has 0 spiro atoms. The molecule has 4 nitrogen and oxygen atoms in total. The summed E-state index contributed by atoms with van der Waals surface area (Å²) in [5.41, 5.74) is 0.139. The van der Waals surface area contributed by atoms with E-state index >= 15 is 0 Å². The van der Waals surface area contributed by atoms with E-state index in [1.807, 2.05) is 6.33 Å². The van der Waals surface area contributed by atoms with E-state index in [4.69, 9.17) is 0 Å². The van der Waals surface area contributed by atoms with Gasteiger partial charge in [-0.3, -0.25) is 0 Å². The van der Waals surface area contributed by atoms with Gasteiger partial charge in [0.05, 0.1) is 6.54 Å². The minimum Gasteiger partial charge on any atom is -0.313 e. The van der Waals surface area contributed by atoms with Gasteiger partial charge in [0.25, 0.3) is 0 Å². The highest BCUT2D eigenvalue weighted by molar-refractivity contribution is 4.95. The van der Waals surface area contributed by atoms with Gasteiger partial charge in [0.1, 0.15) is 12.2 Å². The molecule has 1 aromatic heterocycles. The molecular weight excluding hydrogens is 176 g/mol. The molecule has 78 valence electrons. The van der Waals surface area contributed by atoms with E-state index in [1.54, 1.807) is 0 Å². The third kappa shape index (κ3) is 2.32. The van der Waals surface area contributed by atoms with E-state index in [0.29, 0.717) is 6.04 Å². The quantitative estimate of drug-likeness (QED) is 0.793. The van der Waals surface area contributed by atoms with Gasteiger partial charge in [-0.1, -0.05) is 0 Å². The molecule has 14 heavy (non-hydrogen) atoms. The van der Waals surface area contributed by atoms with Crippen LogP contribution in [-0.4, -0.2) is 20.3 Å². The Balaban J connectivity index is 1.98. The molecule has 0 aromatic carbocycles. The van der Waals surface area contributed by atoms with Gasteiger partial charge in [-0.2, -0.15) is 0 Å². The Labute approximate surface area is 84.7 Å². The molecule has 1 saturated carbocycles. The minimum absolute atomic E-state index is 0.139. The van der Waals surface area contributed by atoms with Gasteiger partial charge in [0, 0.05) is 11.6 Å². The van der Waals surface area contributed by atoms with Gasteiger partial charge < -0.3 is 9.88 Å². The van der Waals surface area contributed by atoms with Gasteiger partial charge in [-0.05, 0) is 33.6 Å². The summed E-state index contributed by atoms with van der Waals surface area (Å²) >= 11 is 0. The number of nitrogens with one attached hydrogen (secondary N) is 1. The monoisotopic (exact) mass is 194 g/mol. The Morgan fingerprint density at radius 2 is 2.21 bits per heavy atom. The SMILES string of the molecule is CC(C)(C)NCc1nncn1C1CC1. The number of hydrogen-bond acceptors (Lipinski definition) is 3. The van der Waals surface area contributed by atoms with Crippen molar-refractivity contribution in [2.45, 2.75) is 51.7 Å². The van der Waals surface area contributed by atoms with Crippen LogP contribution in [0.2, 0.25) is 0 Å². The molecule has 0 radical (unpaired) electrons. The first-order chi connectivity index (χ1) is 6.56. The average Bonchev–Trinajstić information content (AvgIpc) is 2.81. The van der Waals surface area contributed by atoms with Crippen molar-refractivity contribution in [1.82, 2.24) is 20.1 Å². The molecule has 1 N–H and O–H groups in total. The maximum atomic E-state index is 4.13. The largest absolute Gasteiger partial charge is 0.313 e. The van der Waals surface area contributed by atoms with Gasteiger partial charge in [-0.25, -0.2) is 0 Å². The van der Waals surface area contributed by atoms with Crippen LogP contribution in [0.4, 0.5) is 0 Å². The standard InChI is InChI=1S/C10H18N4/c1-10(2,3)11-6-9-13-12-7-14(9)8-4-5-8/h7-8,11H,4-6H2,1-3H3. The van der Waals surface area contributed by atoms with Gasteiger partial charge in [0.2, 0.25) is 0 Å². The molecule has 1 heterocycles. The molecule has 1 aliphatic carbocycles. The maximum absolute atomic E-state index is 4.13. The fraction of sp³-hybridized carbons (Fsp3) is 0.800. The molecule has 0 aliphatic heterocycles. The Morgan fingerprint density at radius 3 is 2.79 bits per heavy atom. The normalized spacial score (nSPS) is 17.4. The summed E-state index contributed by atoms with van der Waals surface area (Å²) in [6.07, 6.45) is 4.40. The predicted molar refractivity (Wildman–Crippen MR) is 54.9 cm³/mol. The van der Waals surface area contributed by atoms with Crippen LogP contribution in [0, 0.1) is 0 Å². The van der Waals surface area contributed by atoms with Crippen LogP contribution in [-0.2, 0) is 6.54 Å². The fourth-order valence-corrected chi connectivity index (χ4v) is 1.39. The molecule has 0 atom stereocenters. The van der Waals surface area contributed by atoms with Gasteiger partial charge in [0.15, 0.2) is 0 Å². The Bertz CT molecular complexity index is 306. The van der Waals surface area contributed by atoms with Gasteiger partial charge in [-0.15, -0.1) is 10.2 Å². The van der Waals surface area contributed by atoms with Crippen molar-refractivity contribution in [3.05, 3.63) is 12.2 Å². The minimum atomic E-state index is 0.139. The summed E-state index contributed by atoms with van der Waals surface area (Å²) in [4.78, 5) is 0. The van der Waals surface area contributed by atoms with E-state index in [1.165, 1.54) is 12.8 Å². The van der Waals surface area contributed by atoms with Crippen molar-refractivity contribution >= 4 is 0 Å². The summed E-state index contributed by atoms with van der Waals surface area (Å²) in [5.74, 6) is 1.06. The van der Waals surface area contributed by atoms with Gasteiger partial charge >= 0.3 is 0 Å². The second-order valence-electron chi connectivity index (χ2n) is 4.99. The lowest BCUT2D eigenvalue weighted by atomic mass is 10.1. The molecule has 2 rings (SSSR count). The summed E-state index contributed by atoms with van der Waals surface area (Å²) in [6.45, 7) is 7.28. The van der Waals surface area contributed by atoms with Crippen molar-refractivity contribution < 1.29 is 0 Å². The summed E-state index contributed by atoms with van der Waals surface area (Å²) in [5, 5.41) is 11.5. The summed E-state index contributed by atoms with van der Waals surface area (Å²) < 4.78 is 2.19. The van der Waals surface area contributed by atoms with Crippen LogP contribution in [0.3, 0.4) is 0 Å². The van der Waals surface area contributed by atoms with Crippen LogP contribution < -0.4 is 5.32 Å². The van der Waals surface area contributed by atoms with E-state index in [9.17, 15) is 0 Å². The number of rotatable bonds is 3.